The molecule has 0 aliphatic carbocycles. The standard InChI is InChI=1S/C21H19F4N3O5S/c1-8-2-4-9(5-3-8)34-21-20(32)17(18(30)11(7-29)33-21)28-6-10(26-27-28)12-13(22)15(24)19(31)16(25)14(12)23/h2-6,11,17-18,20-21,29-32H,7H2,1H3/t11-,17+,18+,20-,21+/m1/s1. The van der Waals surface area contributed by atoms with E-state index in [0.29, 0.717) is 0 Å². The van der Waals surface area contributed by atoms with Gasteiger partial charge >= 0.3 is 0 Å². The third-order valence-corrected chi connectivity index (χ3v) is 6.60. The third-order valence-electron chi connectivity index (χ3n) is 5.43. The molecule has 4 N–H and O–H groups in total. The predicted molar refractivity (Wildman–Crippen MR) is 111 cm³/mol. The summed E-state index contributed by atoms with van der Waals surface area (Å²) in [5.74, 6) is -9.62. The molecule has 2 aromatic carbocycles. The fourth-order valence-electron chi connectivity index (χ4n) is 3.61. The highest BCUT2D eigenvalue weighted by Gasteiger charge is 2.46. The average Bonchev–Trinajstić information content (AvgIpc) is 3.29. The zero-order valence-electron chi connectivity index (χ0n) is 17.4. The highest BCUT2D eigenvalue weighted by Crippen LogP contribution is 2.39. The van der Waals surface area contributed by atoms with Gasteiger partial charge in [-0.05, 0) is 19.1 Å². The van der Waals surface area contributed by atoms with Crippen molar-refractivity contribution in [3.8, 4) is 17.0 Å². The lowest BCUT2D eigenvalue weighted by molar-refractivity contribution is -0.178. The number of aliphatic hydroxyl groups is 3. The van der Waals surface area contributed by atoms with E-state index in [9.17, 15) is 32.9 Å². The molecule has 34 heavy (non-hydrogen) atoms. The zero-order chi connectivity index (χ0) is 24.7. The number of aliphatic hydroxyl groups excluding tert-OH is 3. The molecular weight excluding hydrogens is 482 g/mol. The second kappa shape index (κ2) is 9.50. The van der Waals surface area contributed by atoms with E-state index in [1.54, 1.807) is 12.1 Å². The normalized spacial score (nSPS) is 25.0. The molecule has 5 atom stereocenters. The molecule has 1 aliphatic rings. The van der Waals surface area contributed by atoms with Gasteiger partial charge in [0.15, 0.2) is 17.4 Å². The number of hydrogen-bond acceptors (Lipinski definition) is 8. The van der Waals surface area contributed by atoms with Crippen molar-refractivity contribution in [2.75, 3.05) is 6.61 Å². The fourth-order valence-corrected chi connectivity index (χ4v) is 4.67. The predicted octanol–water partition coefficient (Wildman–Crippen LogP) is 2.29. The number of thioether (sulfide) groups is 1. The molecule has 1 aromatic heterocycles. The van der Waals surface area contributed by atoms with Gasteiger partial charge in [0.05, 0.1) is 18.4 Å². The number of aromatic hydroxyl groups is 1. The average molecular weight is 501 g/mol. The van der Waals surface area contributed by atoms with E-state index in [0.717, 1.165) is 33.1 Å². The molecule has 182 valence electrons. The number of rotatable bonds is 5. The lowest BCUT2D eigenvalue weighted by Gasteiger charge is -2.41. The second-order valence-electron chi connectivity index (χ2n) is 7.69. The van der Waals surface area contributed by atoms with Crippen LogP contribution in [0.5, 0.6) is 5.75 Å². The Bertz CT molecular complexity index is 1170. The van der Waals surface area contributed by atoms with E-state index in [-0.39, 0.29) is 0 Å². The van der Waals surface area contributed by atoms with E-state index >= 15 is 0 Å². The zero-order valence-corrected chi connectivity index (χ0v) is 18.3. The Morgan fingerprint density at radius 2 is 1.62 bits per heavy atom. The summed E-state index contributed by atoms with van der Waals surface area (Å²) in [5.41, 5.74) is -1.85. The minimum absolute atomic E-state index is 0.617. The molecule has 1 saturated heterocycles. The Labute approximate surface area is 194 Å². The van der Waals surface area contributed by atoms with Crippen molar-refractivity contribution in [3.05, 3.63) is 59.3 Å². The Kier molecular flexibility index (Phi) is 6.82. The van der Waals surface area contributed by atoms with Gasteiger partial charge in [0.1, 0.15) is 35.5 Å². The second-order valence-corrected chi connectivity index (χ2v) is 8.86. The Morgan fingerprint density at radius 3 is 2.21 bits per heavy atom. The molecule has 0 bridgehead atoms. The van der Waals surface area contributed by atoms with E-state index in [1.807, 2.05) is 19.1 Å². The summed E-state index contributed by atoms with van der Waals surface area (Å²) in [6.45, 7) is 1.28. The number of aromatic nitrogens is 3. The van der Waals surface area contributed by atoms with Crippen LogP contribution in [-0.4, -0.2) is 65.8 Å². The minimum atomic E-state index is -2.01. The monoisotopic (exact) mass is 501 g/mol. The van der Waals surface area contributed by atoms with Crippen LogP contribution in [0, 0.1) is 30.2 Å². The van der Waals surface area contributed by atoms with Crippen molar-refractivity contribution in [2.45, 2.75) is 41.6 Å². The smallest absolute Gasteiger partial charge is 0.204 e. The van der Waals surface area contributed by atoms with Crippen molar-refractivity contribution in [1.82, 2.24) is 15.0 Å². The molecule has 1 aliphatic heterocycles. The van der Waals surface area contributed by atoms with E-state index in [1.165, 1.54) is 0 Å². The quantitative estimate of drug-likeness (QED) is 0.311. The molecule has 2 heterocycles. The summed E-state index contributed by atoms with van der Waals surface area (Å²) in [5, 5.41) is 47.6. The maximum atomic E-state index is 14.3. The number of phenolic OH excluding ortho intramolecular Hbond substituents is 1. The highest BCUT2D eigenvalue weighted by atomic mass is 32.2. The molecule has 0 spiro atoms. The van der Waals surface area contributed by atoms with Gasteiger partial charge in [-0.2, -0.15) is 8.78 Å². The van der Waals surface area contributed by atoms with Crippen molar-refractivity contribution in [2.24, 2.45) is 0 Å². The lowest BCUT2D eigenvalue weighted by Crippen LogP contribution is -2.55. The molecule has 0 radical (unpaired) electrons. The highest BCUT2D eigenvalue weighted by molar-refractivity contribution is 7.99. The van der Waals surface area contributed by atoms with E-state index in [4.69, 9.17) is 9.84 Å². The maximum Gasteiger partial charge on any atom is 0.204 e. The number of hydrogen-bond donors (Lipinski definition) is 4. The van der Waals surface area contributed by atoms with Crippen molar-refractivity contribution in [3.63, 3.8) is 0 Å². The molecule has 13 heteroatoms. The van der Waals surface area contributed by atoms with Gasteiger partial charge in [-0.25, -0.2) is 13.5 Å². The van der Waals surface area contributed by atoms with Crippen LogP contribution >= 0.6 is 11.8 Å². The van der Waals surface area contributed by atoms with E-state index < -0.39 is 76.7 Å². The molecule has 8 nitrogen and oxygen atoms in total. The molecule has 0 amide bonds. The third kappa shape index (κ3) is 4.25. The largest absolute Gasteiger partial charge is 0.503 e. The summed E-state index contributed by atoms with van der Waals surface area (Å²) in [6, 6.07) is 5.97. The molecule has 4 rings (SSSR count). The Morgan fingerprint density at radius 1 is 1.00 bits per heavy atom. The summed E-state index contributed by atoms with van der Waals surface area (Å²) >= 11 is 1.11. The van der Waals surface area contributed by atoms with Crippen molar-refractivity contribution in [1.29, 1.82) is 0 Å². The summed E-state index contributed by atoms with van der Waals surface area (Å²) in [6.07, 6.45) is -3.24. The number of halogens is 4. The number of ether oxygens (including phenoxy) is 1. The number of nitrogens with zero attached hydrogens (tertiary/aromatic N) is 3. The van der Waals surface area contributed by atoms with Crippen LogP contribution < -0.4 is 0 Å². The first kappa shape index (κ1) is 24.4. The first-order valence-corrected chi connectivity index (χ1v) is 10.8. The lowest BCUT2D eigenvalue weighted by atomic mass is 9.97. The topological polar surface area (TPSA) is 121 Å². The SMILES string of the molecule is Cc1ccc(S[C@@H]2O[C@H](CO)[C@H](O)[C@H](n3cc(-c4c(F)c(F)c(O)c(F)c4F)nn3)[C@H]2O)cc1. The minimum Gasteiger partial charge on any atom is -0.503 e. The van der Waals surface area contributed by atoms with Gasteiger partial charge < -0.3 is 25.2 Å². The molecule has 0 saturated carbocycles. The Balaban J connectivity index is 1.69. The number of aryl methyl sites for hydroxylation is 1. The molecule has 1 fully saturated rings. The van der Waals surface area contributed by atoms with Gasteiger partial charge in [0, 0.05) is 4.90 Å². The van der Waals surface area contributed by atoms with Crippen LogP contribution in [0.3, 0.4) is 0 Å². The molecular formula is C21H19F4N3O5S. The Hall–Kier alpha value is -2.71. The van der Waals surface area contributed by atoms with Gasteiger partial charge in [-0.3, -0.25) is 0 Å². The van der Waals surface area contributed by atoms with Crippen molar-refractivity contribution >= 4 is 11.8 Å². The first-order valence-electron chi connectivity index (χ1n) is 9.97. The molecule has 3 aromatic rings. The maximum absolute atomic E-state index is 14.3. The van der Waals surface area contributed by atoms with Gasteiger partial charge in [0.25, 0.3) is 0 Å². The number of benzene rings is 2. The van der Waals surface area contributed by atoms with Crippen LogP contribution in [0.25, 0.3) is 11.3 Å². The van der Waals surface area contributed by atoms with Crippen LogP contribution in [0.1, 0.15) is 11.6 Å². The van der Waals surface area contributed by atoms with Crippen LogP contribution in [0.2, 0.25) is 0 Å². The summed E-state index contributed by atoms with van der Waals surface area (Å²) in [4.78, 5) is 0.722. The van der Waals surface area contributed by atoms with Crippen LogP contribution in [-0.2, 0) is 4.74 Å². The summed E-state index contributed by atoms with van der Waals surface area (Å²) in [7, 11) is 0. The molecule has 0 unspecified atom stereocenters. The van der Waals surface area contributed by atoms with E-state index in [2.05, 4.69) is 10.3 Å². The van der Waals surface area contributed by atoms with Crippen LogP contribution in [0.15, 0.2) is 35.4 Å². The van der Waals surface area contributed by atoms with Crippen molar-refractivity contribution < 1.29 is 42.7 Å². The van der Waals surface area contributed by atoms with Gasteiger partial charge in [0.2, 0.25) is 11.6 Å². The van der Waals surface area contributed by atoms with Gasteiger partial charge in [-0.1, -0.05) is 34.7 Å². The first-order chi connectivity index (χ1) is 16.1. The summed E-state index contributed by atoms with van der Waals surface area (Å²) < 4.78 is 62.6. The van der Waals surface area contributed by atoms with Gasteiger partial charge in [-0.15, -0.1) is 5.10 Å². The number of phenols is 1. The van der Waals surface area contributed by atoms with Crippen LogP contribution in [0.4, 0.5) is 17.6 Å². The fraction of sp³-hybridized carbons (Fsp3) is 0.333.